The number of halogens is 1. The van der Waals surface area contributed by atoms with E-state index in [0.717, 1.165) is 5.56 Å². The van der Waals surface area contributed by atoms with E-state index in [2.05, 4.69) is 10.3 Å². The molecule has 1 N–H and O–H groups in total. The molecule has 0 spiro atoms. The van der Waals surface area contributed by atoms with E-state index in [1.807, 2.05) is 19.1 Å². The molecule has 0 aliphatic rings. The molecule has 0 saturated heterocycles. The zero-order valence-electron chi connectivity index (χ0n) is 11.3. The molecule has 1 amide bonds. The fraction of sp³-hybridized carbons (Fsp3) is 0.133. The standard InChI is InChI=1S/C15H13ClN2O3/c1-10-2-4-12(5-3-10)18-14(19)9-21-15(20)11-6-7-17-13(16)8-11/h2-8H,9H2,1H3,(H,18,19). The fourth-order valence-electron chi connectivity index (χ4n) is 1.58. The van der Waals surface area contributed by atoms with Gasteiger partial charge in [-0.1, -0.05) is 29.3 Å². The Morgan fingerprint density at radius 3 is 2.62 bits per heavy atom. The Bertz CT molecular complexity index is 656. The summed E-state index contributed by atoms with van der Waals surface area (Å²) >= 11 is 5.67. The summed E-state index contributed by atoms with van der Waals surface area (Å²) in [5.74, 6) is -1.04. The number of nitrogens with zero attached hydrogens (tertiary/aromatic N) is 1. The zero-order chi connectivity index (χ0) is 15.2. The van der Waals surface area contributed by atoms with Crippen LogP contribution in [0.2, 0.25) is 5.15 Å². The molecule has 21 heavy (non-hydrogen) atoms. The maximum absolute atomic E-state index is 11.7. The summed E-state index contributed by atoms with van der Waals surface area (Å²) in [7, 11) is 0. The number of hydrogen-bond acceptors (Lipinski definition) is 4. The van der Waals surface area contributed by atoms with Gasteiger partial charge in [0, 0.05) is 11.9 Å². The second-order valence-corrected chi connectivity index (χ2v) is 4.74. The van der Waals surface area contributed by atoms with Crippen LogP contribution in [-0.4, -0.2) is 23.5 Å². The first kappa shape index (κ1) is 15.0. The van der Waals surface area contributed by atoms with E-state index < -0.39 is 11.9 Å². The van der Waals surface area contributed by atoms with E-state index in [-0.39, 0.29) is 17.3 Å². The van der Waals surface area contributed by atoms with E-state index >= 15 is 0 Å². The smallest absolute Gasteiger partial charge is 0.338 e. The van der Waals surface area contributed by atoms with E-state index in [9.17, 15) is 9.59 Å². The van der Waals surface area contributed by atoms with E-state index in [1.165, 1.54) is 18.3 Å². The lowest BCUT2D eigenvalue weighted by Crippen LogP contribution is -2.20. The molecule has 2 rings (SSSR count). The summed E-state index contributed by atoms with van der Waals surface area (Å²) in [5, 5.41) is 2.82. The normalized spacial score (nSPS) is 10.0. The summed E-state index contributed by atoms with van der Waals surface area (Å²) in [6.45, 7) is 1.58. The number of ether oxygens (including phenoxy) is 1. The highest BCUT2D eigenvalue weighted by atomic mass is 35.5. The van der Waals surface area contributed by atoms with Crippen LogP contribution in [-0.2, 0) is 9.53 Å². The van der Waals surface area contributed by atoms with Crippen LogP contribution in [0.5, 0.6) is 0 Å². The van der Waals surface area contributed by atoms with Gasteiger partial charge in [0.15, 0.2) is 6.61 Å². The van der Waals surface area contributed by atoms with Crippen LogP contribution >= 0.6 is 11.6 Å². The predicted octanol–water partition coefficient (Wildman–Crippen LogP) is 2.84. The third-order valence-corrected chi connectivity index (χ3v) is 2.84. The topological polar surface area (TPSA) is 68.3 Å². The number of nitrogens with one attached hydrogen (secondary N) is 1. The molecule has 0 aliphatic heterocycles. The second-order valence-electron chi connectivity index (χ2n) is 4.36. The van der Waals surface area contributed by atoms with E-state index in [0.29, 0.717) is 5.69 Å². The van der Waals surface area contributed by atoms with Crippen molar-refractivity contribution in [3.8, 4) is 0 Å². The monoisotopic (exact) mass is 304 g/mol. The van der Waals surface area contributed by atoms with Crippen molar-refractivity contribution in [3.05, 3.63) is 58.9 Å². The Morgan fingerprint density at radius 1 is 1.24 bits per heavy atom. The Kier molecular flexibility index (Phi) is 4.90. The molecule has 0 unspecified atom stereocenters. The van der Waals surface area contributed by atoms with Crippen molar-refractivity contribution in [2.75, 3.05) is 11.9 Å². The molecule has 1 aromatic heterocycles. The fourth-order valence-corrected chi connectivity index (χ4v) is 1.75. The van der Waals surface area contributed by atoms with Crippen LogP contribution in [0.25, 0.3) is 0 Å². The number of aromatic nitrogens is 1. The first-order valence-corrected chi connectivity index (χ1v) is 6.57. The van der Waals surface area contributed by atoms with Gasteiger partial charge in [-0.2, -0.15) is 0 Å². The lowest BCUT2D eigenvalue weighted by atomic mass is 10.2. The molecular formula is C15H13ClN2O3. The maximum Gasteiger partial charge on any atom is 0.338 e. The van der Waals surface area contributed by atoms with Gasteiger partial charge in [-0.3, -0.25) is 4.79 Å². The van der Waals surface area contributed by atoms with Crippen molar-refractivity contribution < 1.29 is 14.3 Å². The third-order valence-electron chi connectivity index (χ3n) is 2.63. The van der Waals surface area contributed by atoms with Crippen molar-refractivity contribution in [1.29, 1.82) is 0 Å². The molecule has 0 saturated carbocycles. The molecule has 0 atom stereocenters. The zero-order valence-corrected chi connectivity index (χ0v) is 12.1. The van der Waals surface area contributed by atoms with Crippen LogP contribution in [0.1, 0.15) is 15.9 Å². The highest BCUT2D eigenvalue weighted by Crippen LogP contribution is 2.10. The Hall–Kier alpha value is -2.40. The number of carbonyl (C=O) groups is 2. The number of amides is 1. The van der Waals surface area contributed by atoms with Crippen LogP contribution in [0.3, 0.4) is 0 Å². The molecular weight excluding hydrogens is 292 g/mol. The van der Waals surface area contributed by atoms with Crippen molar-refractivity contribution >= 4 is 29.2 Å². The molecule has 108 valence electrons. The van der Waals surface area contributed by atoms with Gasteiger partial charge in [0.05, 0.1) is 5.56 Å². The molecule has 6 heteroatoms. The minimum Gasteiger partial charge on any atom is -0.452 e. The van der Waals surface area contributed by atoms with Gasteiger partial charge in [0.25, 0.3) is 5.91 Å². The molecule has 1 aromatic carbocycles. The molecule has 0 bridgehead atoms. The summed E-state index contributed by atoms with van der Waals surface area (Å²) < 4.78 is 4.90. The number of pyridine rings is 1. The minimum atomic E-state index is -0.627. The highest BCUT2D eigenvalue weighted by molar-refractivity contribution is 6.29. The maximum atomic E-state index is 11.7. The molecule has 1 heterocycles. The minimum absolute atomic E-state index is 0.188. The summed E-state index contributed by atoms with van der Waals surface area (Å²) in [5.41, 5.74) is 1.99. The van der Waals surface area contributed by atoms with Crippen LogP contribution in [0, 0.1) is 6.92 Å². The summed E-state index contributed by atoms with van der Waals surface area (Å²) in [4.78, 5) is 27.1. The largest absolute Gasteiger partial charge is 0.452 e. The second kappa shape index (κ2) is 6.85. The molecule has 0 aliphatic carbocycles. The number of hydrogen-bond donors (Lipinski definition) is 1. The van der Waals surface area contributed by atoms with Crippen molar-refractivity contribution in [2.45, 2.75) is 6.92 Å². The lowest BCUT2D eigenvalue weighted by molar-refractivity contribution is -0.119. The third kappa shape index (κ3) is 4.57. The number of carbonyl (C=O) groups excluding carboxylic acids is 2. The summed E-state index contributed by atoms with van der Waals surface area (Å²) in [6, 6.07) is 10.1. The van der Waals surface area contributed by atoms with Crippen molar-refractivity contribution in [1.82, 2.24) is 4.98 Å². The number of aryl methyl sites for hydroxylation is 1. The SMILES string of the molecule is Cc1ccc(NC(=O)COC(=O)c2ccnc(Cl)c2)cc1. The number of rotatable bonds is 4. The Labute approximate surface area is 126 Å². The quantitative estimate of drug-likeness (QED) is 0.696. The average molecular weight is 305 g/mol. The molecule has 0 fully saturated rings. The predicted molar refractivity (Wildman–Crippen MR) is 79.3 cm³/mol. The molecule has 2 aromatic rings. The average Bonchev–Trinajstić information content (AvgIpc) is 2.47. The lowest BCUT2D eigenvalue weighted by Gasteiger charge is -2.07. The van der Waals surface area contributed by atoms with E-state index in [4.69, 9.17) is 16.3 Å². The van der Waals surface area contributed by atoms with Gasteiger partial charge in [0.2, 0.25) is 0 Å². The Morgan fingerprint density at radius 2 is 1.95 bits per heavy atom. The number of benzene rings is 1. The van der Waals surface area contributed by atoms with Gasteiger partial charge in [-0.25, -0.2) is 9.78 Å². The number of esters is 1. The van der Waals surface area contributed by atoms with Crippen molar-refractivity contribution in [3.63, 3.8) is 0 Å². The van der Waals surface area contributed by atoms with Gasteiger partial charge < -0.3 is 10.1 Å². The van der Waals surface area contributed by atoms with Crippen LogP contribution in [0.4, 0.5) is 5.69 Å². The van der Waals surface area contributed by atoms with Crippen molar-refractivity contribution in [2.24, 2.45) is 0 Å². The first-order chi connectivity index (χ1) is 10.0. The van der Waals surface area contributed by atoms with E-state index in [1.54, 1.807) is 12.1 Å². The summed E-state index contributed by atoms with van der Waals surface area (Å²) in [6.07, 6.45) is 1.39. The molecule has 5 nitrogen and oxygen atoms in total. The van der Waals surface area contributed by atoms with Gasteiger partial charge in [-0.15, -0.1) is 0 Å². The van der Waals surface area contributed by atoms with Gasteiger partial charge in [0.1, 0.15) is 5.15 Å². The van der Waals surface area contributed by atoms with Gasteiger partial charge >= 0.3 is 5.97 Å². The van der Waals surface area contributed by atoms with Gasteiger partial charge in [-0.05, 0) is 31.2 Å². The van der Waals surface area contributed by atoms with Crippen LogP contribution < -0.4 is 5.32 Å². The highest BCUT2D eigenvalue weighted by Gasteiger charge is 2.11. The number of anilines is 1. The van der Waals surface area contributed by atoms with Crippen LogP contribution in [0.15, 0.2) is 42.6 Å². The molecule has 0 radical (unpaired) electrons. The Balaban J connectivity index is 1.86. The first-order valence-electron chi connectivity index (χ1n) is 6.20.